The van der Waals surface area contributed by atoms with Crippen molar-refractivity contribution >= 4 is 32.8 Å². The summed E-state index contributed by atoms with van der Waals surface area (Å²) in [5.41, 5.74) is 1.30. The quantitative estimate of drug-likeness (QED) is 0.796. The Morgan fingerprint density at radius 2 is 2.31 bits per heavy atom. The van der Waals surface area contributed by atoms with E-state index in [1.807, 2.05) is 25.1 Å². The maximum Gasteiger partial charge on any atom is 0.359 e. The van der Waals surface area contributed by atoms with Crippen molar-refractivity contribution in [3.8, 4) is 0 Å². The van der Waals surface area contributed by atoms with Crippen LogP contribution in [-0.2, 0) is 11.3 Å². The molecule has 0 radical (unpaired) electrons. The van der Waals surface area contributed by atoms with Gasteiger partial charge in [0.15, 0.2) is 5.69 Å². The lowest BCUT2D eigenvalue weighted by molar-refractivity contribution is 0.0595. The van der Waals surface area contributed by atoms with Gasteiger partial charge in [0, 0.05) is 16.4 Å². The van der Waals surface area contributed by atoms with Crippen molar-refractivity contribution in [3.63, 3.8) is 0 Å². The van der Waals surface area contributed by atoms with E-state index in [4.69, 9.17) is 4.74 Å². The predicted molar refractivity (Wildman–Crippen MR) is 64.4 cm³/mol. The van der Waals surface area contributed by atoms with Gasteiger partial charge in [-0.05, 0) is 25.1 Å². The van der Waals surface area contributed by atoms with Gasteiger partial charge in [-0.25, -0.2) is 4.79 Å². The summed E-state index contributed by atoms with van der Waals surface area (Å²) in [7, 11) is 1.36. The fourth-order valence-corrected chi connectivity index (χ4v) is 2.00. The molecule has 0 saturated carbocycles. The van der Waals surface area contributed by atoms with Crippen LogP contribution in [0.5, 0.6) is 0 Å². The van der Waals surface area contributed by atoms with E-state index >= 15 is 0 Å². The number of esters is 1. The largest absolute Gasteiger partial charge is 0.464 e. The minimum Gasteiger partial charge on any atom is -0.464 e. The standard InChI is InChI=1S/C11H11BrN2O2/c1-3-14-9-5-4-7(12)6-8(9)10(13-14)11(15)16-2/h4-6H,3H2,1-2H3. The topological polar surface area (TPSA) is 44.1 Å². The molecule has 0 amide bonds. The summed E-state index contributed by atoms with van der Waals surface area (Å²) in [6.07, 6.45) is 0. The Labute approximate surface area is 101 Å². The number of carbonyl (C=O) groups excluding carboxylic acids is 1. The van der Waals surface area contributed by atoms with Crippen LogP contribution in [0.1, 0.15) is 17.4 Å². The van der Waals surface area contributed by atoms with Crippen LogP contribution < -0.4 is 0 Å². The van der Waals surface area contributed by atoms with Gasteiger partial charge < -0.3 is 4.74 Å². The Hall–Kier alpha value is -1.36. The highest BCUT2D eigenvalue weighted by Gasteiger charge is 2.17. The molecule has 0 unspecified atom stereocenters. The van der Waals surface area contributed by atoms with Crippen LogP contribution in [0.4, 0.5) is 0 Å². The average Bonchev–Trinajstić information content (AvgIpc) is 2.66. The third kappa shape index (κ3) is 1.71. The number of fused-ring (bicyclic) bond motifs is 1. The maximum absolute atomic E-state index is 11.6. The minimum atomic E-state index is -0.407. The van der Waals surface area contributed by atoms with Crippen molar-refractivity contribution in [2.75, 3.05) is 7.11 Å². The van der Waals surface area contributed by atoms with Gasteiger partial charge in [-0.15, -0.1) is 0 Å². The Morgan fingerprint density at radius 1 is 1.56 bits per heavy atom. The molecular formula is C11H11BrN2O2. The molecule has 1 aromatic carbocycles. The summed E-state index contributed by atoms with van der Waals surface area (Å²) in [6, 6.07) is 5.74. The number of aryl methyl sites for hydroxylation is 1. The molecule has 0 bridgehead atoms. The lowest BCUT2D eigenvalue weighted by Gasteiger charge is -1.97. The first-order valence-corrected chi connectivity index (χ1v) is 5.71. The Morgan fingerprint density at radius 3 is 2.94 bits per heavy atom. The van der Waals surface area contributed by atoms with Crippen LogP contribution in [0.3, 0.4) is 0 Å². The SMILES string of the molecule is CCn1nc(C(=O)OC)c2cc(Br)ccc21. The monoisotopic (exact) mass is 282 g/mol. The van der Waals surface area contributed by atoms with E-state index in [0.29, 0.717) is 5.69 Å². The average molecular weight is 283 g/mol. The van der Waals surface area contributed by atoms with Gasteiger partial charge in [-0.3, -0.25) is 4.68 Å². The minimum absolute atomic E-state index is 0.362. The van der Waals surface area contributed by atoms with Crippen LogP contribution in [0, 0.1) is 0 Å². The second-order valence-electron chi connectivity index (χ2n) is 3.32. The molecule has 0 atom stereocenters. The molecule has 84 valence electrons. The fourth-order valence-electron chi connectivity index (χ4n) is 1.64. The Kier molecular flexibility index (Phi) is 2.96. The third-order valence-electron chi connectivity index (χ3n) is 2.39. The summed E-state index contributed by atoms with van der Waals surface area (Å²) in [5, 5.41) is 5.05. The normalized spacial score (nSPS) is 10.7. The second-order valence-corrected chi connectivity index (χ2v) is 4.23. The number of benzene rings is 1. The molecule has 16 heavy (non-hydrogen) atoms. The highest BCUT2D eigenvalue weighted by atomic mass is 79.9. The summed E-state index contributed by atoms with van der Waals surface area (Å²) in [4.78, 5) is 11.6. The van der Waals surface area contributed by atoms with E-state index in [1.165, 1.54) is 7.11 Å². The van der Waals surface area contributed by atoms with E-state index in [1.54, 1.807) is 4.68 Å². The smallest absolute Gasteiger partial charge is 0.359 e. The zero-order chi connectivity index (χ0) is 11.7. The highest BCUT2D eigenvalue weighted by molar-refractivity contribution is 9.10. The molecule has 0 aliphatic heterocycles. The van der Waals surface area contributed by atoms with Gasteiger partial charge in [0.2, 0.25) is 0 Å². The molecule has 0 aliphatic carbocycles. The molecule has 0 spiro atoms. The number of hydrogen-bond acceptors (Lipinski definition) is 3. The molecule has 0 fully saturated rings. The maximum atomic E-state index is 11.6. The van der Waals surface area contributed by atoms with E-state index in [0.717, 1.165) is 21.9 Å². The molecule has 0 N–H and O–H groups in total. The number of nitrogens with zero attached hydrogens (tertiary/aromatic N) is 2. The molecule has 2 aromatic rings. The molecule has 0 aliphatic rings. The number of ether oxygens (including phenoxy) is 1. The highest BCUT2D eigenvalue weighted by Crippen LogP contribution is 2.23. The first-order valence-electron chi connectivity index (χ1n) is 4.91. The number of rotatable bonds is 2. The Bertz CT molecular complexity index is 548. The summed E-state index contributed by atoms with van der Waals surface area (Å²) < 4.78 is 7.42. The number of hydrogen-bond donors (Lipinski definition) is 0. The lowest BCUT2D eigenvalue weighted by atomic mass is 10.2. The third-order valence-corrected chi connectivity index (χ3v) is 2.88. The van der Waals surface area contributed by atoms with Crippen molar-refractivity contribution in [1.29, 1.82) is 0 Å². The molecular weight excluding hydrogens is 272 g/mol. The van der Waals surface area contributed by atoms with Crippen LogP contribution in [0.15, 0.2) is 22.7 Å². The summed E-state index contributed by atoms with van der Waals surface area (Å²) in [5.74, 6) is -0.407. The first kappa shape index (κ1) is 11.1. The van der Waals surface area contributed by atoms with E-state index in [9.17, 15) is 4.79 Å². The molecule has 1 heterocycles. The van der Waals surface area contributed by atoms with Gasteiger partial charge in [-0.2, -0.15) is 5.10 Å². The van der Waals surface area contributed by atoms with E-state index in [2.05, 4.69) is 21.0 Å². The fraction of sp³-hybridized carbons (Fsp3) is 0.273. The lowest BCUT2D eigenvalue weighted by Crippen LogP contribution is -2.04. The van der Waals surface area contributed by atoms with Crippen molar-refractivity contribution in [2.45, 2.75) is 13.5 Å². The Balaban J connectivity index is 2.73. The van der Waals surface area contributed by atoms with Gasteiger partial charge >= 0.3 is 5.97 Å². The second kappa shape index (κ2) is 4.25. The van der Waals surface area contributed by atoms with Crippen molar-refractivity contribution in [3.05, 3.63) is 28.4 Å². The predicted octanol–water partition coefficient (Wildman–Crippen LogP) is 2.61. The van der Waals surface area contributed by atoms with E-state index < -0.39 is 5.97 Å². The van der Waals surface area contributed by atoms with Crippen molar-refractivity contribution < 1.29 is 9.53 Å². The van der Waals surface area contributed by atoms with Gasteiger partial charge in [0.05, 0.1) is 12.6 Å². The number of carbonyl (C=O) groups is 1. The number of halogens is 1. The van der Waals surface area contributed by atoms with E-state index in [-0.39, 0.29) is 0 Å². The van der Waals surface area contributed by atoms with Crippen molar-refractivity contribution in [1.82, 2.24) is 9.78 Å². The number of methoxy groups -OCH3 is 1. The zero-order valence-electron chi connectivity index (χ0n) is 9.03. The molecule has 4 nitrogen and oxygen atoms in total. The van der Waals surface area contributed by atoms with Gasteiger partial charge in [-0.1, -0.05) is 15.9 Å². The summed E-state index contributed by atoms with van der Waals surface area (Å²) in [6.45, 7) is 2.70. The molecule has 1 aromatic heterocycles. The van der Waals surface area contributed by atoms with Crippen LogP contribution in [0.2, 0.25) is 0 Å². The number of aromatic nitrogens is 2. The van der Waals surface area contributed by atoms with Gasteiger partial charge in [0.25, 0.3) is 0 Å². The van der Waals surface area contributed by atoms with Gasteiger partial charge in [0.1, 0.15) is 0 Å². The van der Waals surface area contributed by atoms with Crippen LogP contribution in [0.25, 0.3) is 10.9 Å². The molecule has 0 saturated heterocycles. The summed E-state index contributed by atoms with van der Waals surface area (Å²) >= 11 is 3.38. The first-order chi connectivity index (χ1) is 7.67. The van der Waals surface area contributed by atoms with Crippen LogP contribution >= 0.6 is 15.9 Å². The molecule has 2 rings (SSSR count). The van der Waals surface area contributed by atoms with Crippen molar-refractivity contribution in [2.24, 2.45) is 0 Å². The molecule has 5 heteroatoms. The zero-order valence-corrected chi connectivity index (χ0v) is 10.6. The van der Waals surface area contributed by atoms with Crippen LogP contribution in [-0.4, -0.2) is 22.9 Å².